The summed E-state index contributed by atoms with van der Waals surface area (Å²) in [4.78, 5) is 53.0. The summed E-state index contributed by atoms with van der Waals surface area (Å²) in [5, 5.41) is 13.2. The Balaban J connectivity index is 2.43. The second kappa shape index (κ2) is 15.0. The Morgan fingerprint density at radius 1 is 1.00 bits per heavy atom. The highest BCUT2D eigenvalue weighted by Gasteiger charge is 2.23. The van der Waals surface area contributed by atoms with Crippen LogP contribution in [0.3, 0.4) is 0 Å². The number of carbonyl (C=O) groups excluding carboxylic acids is 4. The van der Waals surface area contributed by atoms with Crippen LogP contribution in [0.2, 0.25) is 0 Å². The van der Waals surface area contributed by atoms with Gasteiger partial charge < -0.3 is 36.1 Å². The van der Waals surface area contributed by atoms with E-state index in [9.17, 15) is 19.2 Å². The zero-order valence-corrected chi connectivity index (χ0v) is 22.0. The van der Waals surface area contributed by atoms with Crippen molar-refractivity contribution in [1.29, 1.82) is 0 Å². The van der Waals surface area contributed by atoms with Gasteiger partial charge in [0, 0.05) is 31.9 Å². The Morgan fingerprint density at radius 2 is 1.66 bits per heavy atom. The average molecular weight is 515 g/mol. The van der Waals surface area contributed by atoms with Gasteiger partial charge in [0.25, 0.3) is 0 Å². The molecule has 12 nitrogen and oxygen atoms in total. The molecule has 13 heteroatoms. The first kappa shape index (κ1) is 29.9. The lowest BCUT2D eigenvalue weighted by molar-refractivity contribution is -0.123. The number of ether oxygens (including phenoxy) is 2. The van der Waals surface area contributed by atoms with Crippen LogP contribution in [0.4, 0.5) is 14.4 Å². The van der Waals surface area contributed by atoms with Crippen molar-refractivity contribution in [3.05, 3.63) is 16.6 Å². The van der Waals surface area contributed by atoms with Gasteiger partial charge in [-0.1, -0.05) is 0 Å². The van der Waals surface area contributed by atoms with Gasteiger partial charge in [-0.15, -0.1) is 11.3 Å². The largest absolute Gasteiger partial charge is 0.444 e. The van der Waals surface area contributed by atoms with Crippen molar-refractivity contribution >= 4 is 35.5 Å². The number of rotatable bonds is 12. The number of nitrogens with zero attached hydrogens (tertiary/aromatic N) is 1. The number of carbonyl (C=O) groups is 4. The van der Waals surface area contributed by atoms with E-state index in [0.717, 1.165) is 4.88 Å². The van der Waals surface area contributed by atoms with E-state index in [2.05, 4.69) is 31.6 Å². The minimum absolute atomic E-state index is 0.135. The lowest BCUT2D eigenvalue weighted by atomic mass is 10.1. The van der Waals surface area contributed by atoms with E-state index in [0.29, 0.717) is 12.8 Å². The van der Waals surface area contributed by atoms with Crippen molar-refractivity contribution in [2.75, 3.05) is 13.6 Å². The van der Waals surface area contributed by atoms with Crippen molar-refractivity contribution in [2.24, 2.45) is 0 Å². The zero-order valence-electron chi connectivity index (χ0n) is 21.2. The van der Waals surface area contributed by atoms with Crippen LogP contribution in [0.1, 0.15) is 58.8 Å². The Hall–Kier alpha value is -3.09. The fraction of sp³-hybridized carbons (Fsp3) is 0.682. The smallest absolute Gasteiger partial charge is 0.407 e. The summed E-state index contributed by atoms with van der Waals surface area (Å²) < 4.78 is 10.3. The normalized spacial score (nSPS) is 13.5. The molecule has 35 heavy (non-hydrogen) atoms. The molecule has 0 bridgehead atoms. The van der Waals surface area contributed by atoms with Gasteiger partial charge >= 0.3 is 18.2 Å². The van der Waals surface area contributed by atoms with Crippen LogP contribution in [-0.2, 0) is 20.9 Å². The third-order valence-corrected chi connectivity index (χ3v) is 5.32. The van der Waals surface area contributed by atoms with Crippen LogP contribution in [0, 0.1) is 0 Å². The van der Waals surface area contributed by atoms with Gasteiger partial charge in [-0.3, -0.25) is 9.78 Å². The molecule has 198 valence electrons. The van der Waals surface area contributed by atoms with E-state index in [-0.39, 0.29) is 37.6 Å². The molecule has 0 saturated heterocycles. The number of nitrogens with one attached hydrogen (secondary N) is 5. The van der Waals surface area contributed by atoms with Crippen molar-refractivity contribution < 1.29 is 28.7 Å². The zero-order chi connectivity index (χ0) is 26.4. The molecule has 0 spiro atoms. The summed E-state index contributed by atoms with van der Waals surface area (Å²) in [5.41, 5.74) is 1.03. The van der Waals surface area contributed by atoms with Gasteiger partial charge in [0.15, 0.2) is 0 Å². The highest BCUT2D eigenvalue weighted by Crippen LogP contribution is 2.08. The molecule has 0 aliphatic heterocycles. The maximum atomic E-state index is 12.7. The fourth-order valence-electron chi connectivity index (χ4n) is 2.81. The van der Waals surface area contributed by atoms with E-state index < -0.39 is 29.9 Å². The third kappa shape index (κ3) is 14.0. The molecule has 0 aliphatic rings. The third-order valence-electron chi connectivity index (χ3n) is 4.56. The molecule has 3 atom stereocenters. The standard InChI is InChI=1S/C22H38N6O6S/c1-14(7-8-15(2)27-21(32)33-12-16-11-24-13-35-16)26-18(29)17(28-19(30)23-6)9-10-25-20(31)34-22(3,4)5/h11,13-15,17H,7-10,12H2,1-6H3,(H,25,31)(H,26,29)(H,27,32)(H2,23,28,30)/t14-,15-,17-/m0/s1. The molecular formula is C22H38N6O6S. The Morgan fingerprint density at radius 3 is 2.23 bits per heavy atom. The van der Waals surface area contributed by atoms with E-state index in [4.69, 9.17) is 9.47 Å². The lowest BCUT2D eigenvalue weighted by Crippen LogP contribution is -2.52. The Bertz CT molecular complexity index is 814. The van der Waals surface area contributed by atoms with Crippen LogP contribution in [0.5, 0.6) is 0 Å². The number of hydrogen-bond donors (Lipinski definition) is 5. The van der Waals surface area contributed by atoms with Gasteiger partial charge in [-0.25, -0.2) is 14.4 Å². The average Bonchev–Trinajstić information content (AvgIpc) is 3.28. The summed E-state index contributed by atoms with van der Waals surface area (Å²) in [5.74, 6) is -0.378. The molecule has 1 rings (SSSR count). The van der Waals surface area contributed by atoms with E-state index in [1.807, 2.05) is 13.8 Å². The number of alkyl carbamates (subject to hydrolysis) is 2. The van der Waals surface area contributed by atoms with Crippen LogP contribution >= 0.6 is 11.3 Å². The minimum Gasteiger partial charge on any atom is -0.444 e. The van der Waals surface area contributed by atoms with Gasteiger partial charge in [0.05, 0.1) is 10.4 Å². The first-order valence-electron chi connectivity index (χ1n) is 11.5. The molecule has 0 radical (unpaired) electrons. The second-order valence-corrected chi connectivity index (χ2v) is 10.0. The van der Waals surface area contributed by atoms with E-state index in [1.54, 1.807) is 32.5 Å². The first-order chi connectivity index (χ1) is 16.4. The molecular weight excluding hydrogens is 476 g/mol. The van der Waals surface area contributed by atoms with Gasteiger partial charge in [-0.2, -0.15) is 0 Å². The number of aromatic nitrogens is 1. The summed E-state index contributed by atoms with van der Waals surface area (Å²) in [6.07, 6.45) is 1.89. The number of amides is 5. The summed E-state index contributed by atoms with van der Waals surface area (Å²) in [6.45, 7) is 9.23. The Labute approximate surface area is 210 Å². The topological polar surface area (TPSA) is 160 Å². The summed E-state index contributed by atoms with van der Waals surface area (Å²) in [6, 6.07) is -1.75. The SMILES string of the molecule is CNC(=O)N[C@@H](CCNC(=O)OC(C)(C)C)C(=O)N[C@@H](C)CC[C@H](C)NC(=O)OCc1cncs1. The molecule has 1 heterocycles. The predicted octanol–water partition coefficient (Wildman–Crippen LogP) is 2.26. The molecule has 0 fully saturated rings. The Kier molecular flexibility index (Phi) is 12.8. The van der Waals surface area contributed by atoms with Crippen molar-refractivity contribution in [2.45, 2.75) is 84.2 Å². The molecule has 0 unspecified atom stereocenters. The molecule has 0 aliphatic carbocycles. The minimum atomic E-state index is -0.857. The van der Waals surface area contributed by atoms with Crippen LogP contribution in [-0.4, -0.2) is 66.4 Å². The highest BCUT2D eigenvalue weighted by molar-refractivity contribution is 7.09. The predicted molar refractivity (Wildman–Crippen MR) is 132 cm³/mol. The fourth-order valence-corrected chi connectivity index (χ4v) is 3.32. The molecule has 1 aromatic rings. The summed E-state index contributed by atoms with van der Waals surface area (Å²) in [7, 11) is 1.45. The maximum Gasteiger partial charge on any atom is 0.407 e. The molecule has 1 aromatic heterocycles. The lowest BCUT2D eigenvalue weighted by Gasteiger charge is -2.23. The number of urea groups is 1. The number of hydrogen-bond acceptors (Lipinski definition) is 8. The quantitative estimate of drug-likeness (QED) is 0.286. The molecule has 0 saturated carbocycles. The van der Waals surface area contributed by atoms with Gasteiger partial charge in [-0.05, 0) is 53.9 Å². The molecule has 0 aromatic carbocycles. The van der Waals surface area contributed by atoms with Crippen LogP contribution in [0.25, 0.3) is 0 Å². The van der Waals surface area contributed by atoms with E-state index >= 15 is 0 Å². The van der Waals surface area contributed by atoms with Gasteiger partial charge in [0.1, 0.15) is 18.2 Å². The van der Waals surface area contributed by atoms with Crippen molar-refractivity contribution in [3.63, 3.8) is 0 Å². The van der Waals surface area contributed by atoms with Crippen LogP contribution in [0.15, 0.2) is 11.7 Å². The van der Waals surface area contributed by atoms with Crippen molar-refractivity contribution in [1.82, 2.24) is 31.6 Å². The first-order valence-corrected chi connectivity index (χ1v) is 12.3. The summed E-state index contributed by atoms with van der Waals surface area (Å²) >= 11 is 1.41. The monoisotopic (exact) mass is 514 g/mol. The van der Waals surface area contributed by atoms with Crippen molar-refractivity contribution in [3.8, 4) is 0 Å². The molecule has 5 amide bonds. The van der Waals surface area contributed by atoms with Crippen LogP contribution < -0.4 is 26.6 Å². The highest BCUT2D eigenvalue weighted by atomic mass is 32.1. The number of thiazole rings is 1. The van der Waals surface area contributed by atoms with E-state index in [1.165, 1.54) is 18.4 Å². The maximum absolute atomic E-state index is 12.7. The molecule has 5 N–H and O–H groups in total. The van der Waals surface area contributed by atoms with Gasteiger partial charge in [0.2, 0.25) is 5.91 Å². The second-order valence-electron chi connectivity index (χ2n) is 9.07.